The lowest BCUT2D eigenvalue weighted by Gasteiger charge is -2.33. The first-order valence-electron chi connectivity index (χ1n) is 9.86. The third-order valence-electron chi connectivity index (χ3n) is 5.49. The monoisotopic (exact) mass is 403 g/mol. The lowest BCUT2D eigenvalue weighted by molar-refractivity contribution is 0.0632. The number of hydrogen-bond donors (Lipinski definition) is 2. The number of imidazole rings is 1. The molecule has 2 N–H and O–H groups in total. The molecule has 4 heterocycles. The molecule has 8 nitrogen and oxygen atoms in total. The van der Waals surface area contributed by atoms with Crippen molar-refractivity contribution in [3.63, 3.8) is 0 Å². The molecule has 152 valence electrons. The average Bonchev–Trinajstić information content (AvgIpc) is 3.51. The summed E-state index contributed by atoms with van der Waals surface area (Å²) in [5.74, 6) is 1.04. The Hall–Kier alpha value is -3.81. The second kappa shape index (κ2) is 7.22. The van der Waals surface area contributed by atoms with E-state index >= 15 is 0 Å². The minimum atomic E-state index is -0.269. The van der Waals surface area contributed by atoms with Crippen LogP contribution in [0.25, 0.3) is 10.9 Å². The number of H-pyrrole nitrogens is 1. The van der Waals surface area contributed by atoms with Gasteiger partial charge >= 0.3 is 0 Å². The van der Waals surface area contributed by atoms with Crippen LogP contribution in [0.15, 0.2) is 59.3 Å². The summed E-state index contributed by atoms with van der Waals surface area (Å²) in [5, 5.41) is 3.81. The van der Waals surface area contributed by atoms with Crippen LogP contribution in [-0.4, -0.2) is 37.8 Å². The number of furan rings is 1. The van der Waals surface area contributed by atoms with Gasteiger partial charge in [-0.2, -0.15) is 0 Å². The van der Waals surface area contributed by atoms with Crippen molar-refractivity contribution in [1.82, 2.24) is 24.8 Å². The fourth-order valence-electron chi connectivity index (χ4n) is 3.89. The average molecular weight is 403 g/mol. The third-order valence-corrected chi connectivity index (χ3v) is 5.49. The van der Waals surface area contributed by atoms with Crippen molar-refractivity contribution in [3.8, 4) is 0 Å². The molecule has 0 unspecified atom stereocenters. The third kappa shape index (κ3) is 3.16. The number of fused-ring (bicyclic) bond motifs is 2. The predicted octanol–water partition coefficient (Wildman–Crippen LogP) is 3.10. The number of nitrogens with one attached hydrogen (secondary N) is 2. The summed E-state index contributed by atoms with van der Waals surface area (Å²) in [5.41, 5.74) is 1.82. The molecule has 0 fully saturated rings. The highest BCUT2D eigenvalue weighted by Crippen LogP contribution is 2.27. The van der Waals surface area contributed by atoms with Gasteiger partial charge in [0, 0.05) is 30.2 Å². The fourth-order valence-corrected chi connectivity index (χ4v) is 3.89. The normalized spacial score (nSPS) is 15.9. The van der Waals surface area contributed by atoms with Crippen LogP contribution >= 0.6 is 0 Å². The maximum absolute atomic E-state index is 13.1. The van der Waals surface area contributed by atoms with Gasteiger partial charge in [-0.1, -0.05) is 18.2 Å². The van der Waals surface area contributed by atoms with Gasteiger partial charge in [0.1, 0.15) is 23.0 Å². The van der Waals surface area contributed by atoms with E-state index in [1.165, 1.54) is 0 Å². The Morgan fingerprint density at radius 1 is 1.23 bits per heavy atom. The van der Waals surface area contributed by atoms with Crippen LogP contribution in [0.1, 0.15) is 45.5 Å². The molecule has 2 amide bonds. The van der Waals surface area contributed by atoms with Gasteiger partial charge in [0.2, 0.25) is 0 Å². The van der Waals surface area contributed by atoms with Crippen LogP contribution in [0.2, 0.25) is 0 Å². The molecule has 1 atom stereocenters. The zero-order chi connectivity index (χ0) is 20.7. The van der Waals surface area contributed by atoms with E-state index in [9.17, 15) is 9.59 Å². The Labute approximate surface area is 172 Å². The van der Waals surface area contributed by atoms with E-state index in [1.807, 2.05) is 41.8 Å². The van der Waals surface area contributed by atoms with Crippen molar-refractivity contribution in [3.05, 3.63) is 77.9 Å². The van der Waals surface area contributed by atoms with Gasteiger partial charge in [-0.25, -0.2) is 4.98 Å². The zero-order valence-electron chi connectivity index (χ0n) is 16.5. The minimum Gasteiger partial charge on any atom is -0.467 e. The van der Waals surface area contributed by atoms with Crippen LogP contribution in [0, 0.1) is 0 Å². The van der Waals surface area contributed by atoms with Gasteiger partial charge in [0.25, 0.3) is 11.8 Å². The summed E-state index contributed by atoms with van der Waals surface area (Å²) < 4.78 is 7.18. The van der Waals surface area contributed by atoms with Crippen LogP contribution in [-0.2, 0) is 13.1 Å². The van der Waals surface area contributed by atoms with E-state index in [-0.39, 0.29) is 17.9 Å². The molecule has 3 aromatic heterocycles. The molecule has 5 rings (SSSR count). The SMILES string of the molecule is C[C@@H]1c2nc(C(=O)NCc3ccco3)cn2CCN1C(=O)c1cc2ccccc2[nH]1. The van der Waals surface area contributed by atoms with Gasteiger partial charge in [-0.05, 0) is 31.2 Å². The molecule has 0 radical (unpaired) electrons. The smallest absolute Gasteiger partial charge is 0.271 e. The largest absolute Gasteiger partial charge is 0.467 e. The van der Waals surface area contributed by atoms with Crippen molar-refractivity contribution in [2.24, 2.45) is 0 Å². The molecule has 0 saturated carbocycles. The molecule has 1 aliphatic rings. The molecular weight excluding hydrogens is 382 g/mol. The number of rotatable bonds is 4. The summed E-state index contributed by atoms with van der Waals surface area (Å²) in [7, 11) is 0. The van der Waals surface area contributed by atoms with Gasteiger partial charge in [0.15, 0.2) is 0 Å². The van der Waals surface area contributed by atoms with Gasteiger partial charge in [-0.3, -0.25) is 9.59 Å². The lowest BCUT2D eigenvalue weighted by Crippen LogP contribution is -2.41. The van der Waals surface area contributed by atoms with Crippen molar-refractivity contribution in [1.29, 1.82) is 0 Å². The first-order chi connectivity index (χ1) is 14.6. The van der Waals surface area contributed by atoms with Crippen molar-refractivity contribution in [2.45, 2.75) is 26.1 Å². The van der Waals surface area contributed by atoms with Crippen LogP contribution in [0.5, 0.6) is 0 Å². The Bertz CT molecular complexity index is 1190. The number of amides is 2. The van der Waals surface area contributed by atoms with E-state index in [4.69, 9.17) is 4.42 Å². The Balaban J connectivity index is 1.33. The number of nitrogens with zero attached hydrogens (tertiary/aromatic N) is 3. The first kappa shape index (κ1) is 18.2. The molecule has 1 aliphatic heterocycles. The topological polar surface area (TPSA) is 96.2 Å². The summed E-state index contributed by atoms with van der Waals surface area (Å²) in [6.07, 6.45) is 3.31. The molecule has 30 heavy (non-hydrogen) atoms. The van der Waals surface area contributed by atoms with E-state index in [0.717, 1.165) is 10.9 Å². The van der Waals surface area contributed by atoms with Crippen LogP contribution < -0.4 is 5.32 Å². The van der Waals surface area contributed by atoms with E-state index < -0.39 is 0 Å². The molecule has 0 saturated heterocycles. The number of benzene rings is 1. The molecule has 8 heteroatoms. The molecular formula is C22H21N5O3. The van der Waals surface area contributed by atoms with Crippen LogP contribution in [0.3, 0.4) is 0 Å². The minimum absolute atomic E-state index is 0.0724. The number of hydrogen-bond acceptors (Lipinski definition) is 4. The zero-order valence-corrected chi connectivity index (χ0v) is 16.5. The summed E-state index contributed by atoms with van der Waals surface area (Å²) in [6.45, 7) is 3.37. The standard InChI is InChI=1S/C22H21N5O3/c1-14-20-25-19(21(28)23-12-16-6-4-10-30-16)13-26(20)8-9-27(14)22(29)18-11-15-5-2-3-7-17(15)24-18/h2-7,10-11,13-14,24H,8-9,12H2,1H3,(H,23,28)/t14-/m1/s1. The molecule has 4 aromatic rings. The number of aromatic nitrogens is 3. The van der Waals surface area contributed by atoms with Gasteiger partial charge < -0.3 is 24.2 Å². The quantitative estimate of drug-likeness (QED) is 0.547. The predicted molar refractivity (Wildman–Crippen MR) is 110 cm³/mol. The molecule has 0 aliphatic carbocycles. The molecule has 0 bridgehead atoms. The Kier molecular flexibility index (Phi) is 4.39. The number of carbonyl (C=O) groups excluding carboxylic acids is 2. The second-order valence-corrected chi connectivity index (χ2v) is 7.38. The highest BCUT2D eigenvalue weighted by Gasteiger charge is 2.31. The first-order valence-corrected chi connectivity index (χ1v) is 9.86. The van der Waals surface area contributed by atoms with Gasteiger partial charge in [0.05, 0.1) is 18.8 Å². The highest BCUT2D eigenvalue weighted by atomic mass is 16.3. The Morgan fingerprint density at radius 3 is 2.90 bits per heavy atom. The number of aromatic amines is 1. The maximum atomic E-state index is 13.1. The van der Waals surface area contributed by atoms with E-state index in [1.54, 1.807) is 29.5 Å². The number of carbonyl (C=O) groups is 2. The molecule has 1 aromatic carbocycles. The van der Waals surface area contributed by atoms with E-state index in [0.29, 0.717) is 42.6 Å². The second-order valence-electron chi connectivity index (χ2n) is 7.38. The van der Waals surface area contributed by atoms with Gasteiger partial charge in [-0.15, -0.1) is 0 Å². The summed E-state index contributed by atoms with van der Waals surface area (Å²) in [4.78, 5) is 35.1. The lowest BCUT2D eigenvalue weighted by atomic mass is 10.2. The fraction of sp³-hybridized carbons (Fsp3) is 0.227. The number of para-hydroxylation sites is 1. The summed E-state index contributed by atoms with van der Waals surface area (Å²) in [6, 6.07) is 13.0. The van der Waals surface area contributed by atoms with Crippen molar-refractivity contribution < 1.29 is 14.0 Å². The van der Waals surface area contributed by atoms with Crippen molar-refractivity contribution in [2.75, 3.05) is 6.54 Å². The maximum Gasteiger partial charge on any atom is 0.271 e. The molecule has 0 spiro atoms. The highest BCUT2D eigenvalue weighted by molar-refractivity contribution is 5.98. The van der Waals surface area contributed by atoms with Crippen molar-refractivity contribution >= 4 is 22.7 Å². The Morgan fingerprint density at radius 2 is 2.10 bits per heavy atom. The van der Waals surface area contributed by atoms with E-state index in [2.05, 4.69) is 15.3 Å². The summed E-state index contributed by atoms with van der Waals surface area (Å²) >= 11 is 0. The van der Waals surface area contributed by atoms with Crippen LogP contribution in [0.4, 0.5) is 0 Å².